The molecule has 138 valence electrons. The summed E-state index contributed by atoms with van der Waals surface area (Å²) < 4.78 is 34.0. The highest BCUT2D eigenvalue weighted by atomic mass is 19.3. The van der Waals surface area contributed by atoms with Crippen molar-refractivity contribution >= 4 is 23.3 Å². The summed E-state index contributed by atoms with van der Waals surface area (Å²) in [5.41, 5.74) is 1.16. The zero-order valence-electron chi connectivity index (χ0n) is 14.2. The van der Waals surface area contributed by atoms with Crippen LogP contribution in [0.1, 0.15) is 10.4 Å². The Hall–Kier alpha value is -3.16. The predicted molar refractivity (Wildman–Crippen MR) is 92.8 cm³/mol. The average Bonchev–Trinajstić information content (AvgIpc) is 2.61. The molecule has 0 aliphatic rings. The zero-order chi connectivity index (χ0) is 19.1. The van der Waals surface area contributed by atoms with Crippen LogP contribution >= 0.6 is 0 Å². The van der Waals surface area contributed by atoms with E-state index in [0.29, 0.717) is 5.56 Å². The highest BCUT2D eigenvalue weighted by Crippen LogP contribution is 2.25. The van der Waals surface area contributed by atoms with Crippen LogP contribution in [0.5, 0.6) is 5.75 Å². The summed E-state index contributed by atoms with van der Waals surface area (Å²) in [4.78, 5) is 25.8. The van der Waals surface area contributed by atoms with Crippen molar-refractivity contribution in [3.63, 3.8) is 0 Å². The third kappa shape index (κ3) is 5.44. The van der Waals surface area contributed by atoms with E-state index < -0.39 is 25.1 Å². The van der Waals surface area contributed by atoms with Crippen LogP contribution in [0.4, 0.5) is 20.2 Å². The SMILES string of the molecule is CN(C)c1cccc(C(=O)OCC(=O)Nc2ccccc2OC(F)F)c1. The van der Waals surface area contributed by atoms with Crippen LogP contribution < -0.4 is 15.0 Å². The molecule has 0 aliphatic heterocycles. The van der Waals surface area contributed by atoms with Gasteiger partial charge in [0.15, 0.2) is 6.61 Å². The Morgan fingerprint density at radius 2 is 1.85 bits per heavy atom. The van der Waals surface area contributed by atoms with Gasteiger partial charge in [-0.25, -0.2) is 4.79 Å². The minimum Gasteiger partial charge on any atom is -0.452 e. The molecule has 0 aliphatic carbocycles. The minimum absolute atomic E-state index is 0.0588. The molecule has 26 heavy (non-hydrogen) atoms. The maximum absolute atomic E-state index is 12.4. The summed E-state index contributed by atoms with van der Waals surface area (Å²) in [6.45, 7) is -3.58. The second-order valence-electron chi connectivity index (χ2n) is 5.44. The van der Waals surface area contributed by atoms with Crippen molar-refractivity contribution in [2.75, 3.05) is 30.9 Å². The zero-order valence-corrected chi connectivity index (χ0v) is 14.2. The number of carbonyl (C=O) groups is 2. The fourth-order valence-corrected chi connectivity index (χ4v) is 2.08. The second-order valence-corrected chi connectivity index (χ2v) is 5.44. The van der Waals surface area contributed by atoms with E-state index >= 15 is 0 Å². The van der Waals surface area contributed by atoms with Gasteiger partial charge in [0.05, 0.1) is 11.3 Å². The quantitative estimate of drug-likeness (QED) is 0.765. The van der Waals surface area contributed by atoms with Gasteiger partial charge >= 0.3 is 12.6 Å². The molecule has 0 aromatic heterocycles. The molecule has 0 heterocycles. The number of hydrogen-bond donors (Lipinski definition) is 1. The second kappa shape index (κ2) is 8.80. The number of alkyl halides is 2. The fourth-order valence-electron chi connectivity index (χ4n) is 2.08. The number of ether oxygens (including phenoxy) is 2. The Balaban J connectivity index is 1.95. The van der Waals surface area contributed by atoms with E-state index in [-0.39, 0.29) is 11.4 Å². The van der Waals surface area contributed by atoms with E-state index in [1.165, 1.54) is 18.2 Å². The first-order valence-corrected chi connectivity index (χ1v) is 7.65. The van der Waals surface area contributed by atoms with Crippen molar-refractivity contribution in [1.82, 2.24) is 0 Å². The van der Waals surface area contributed by atoms with Crippen LogP contribution in [0.15, 0.2) is 48.5 Å². The first-order valence-electron chi connectivity index (χ1n) is 7.65. The first-order chi connectivity index (χ1) is 12.4. The first kappa shape index (κ1) is 19.2. The van der Waals surface area contributed by atoms with E-state index in [9.17, 15) is 18.4 Å². The number of hydrogen-bond acceptors (Lipinski definition) is 5. The molecule has 0 unspecified atom stereocenters. The van der Waals surface area contributed by atoms with Gasteiger partial charge in [-0.2, -0.15) is 8.78 Å². The molecular weight excluding hydrogens is 346 g/mol. The fraction of sp³-hybridized carbons (Fsp3) is 0.222. The van der Waals surface area contributed by atoms with E-state index in [0.717, 1.165) is 5.69 Å². The van der Waals surface area contributed by atoms with Crippen LogP contribution in [-0.2, 0) is 9.53 Å². The molecular formula is C18H18F2N2O4. The average molecular weight is 364 g/mol. The third-order valence-corrected chi connectivity index (χ3v) is 3.31. The molecule has 1 amide bonds. The molecule has 0 radical (unpaired) electrons. The maximum Gasteiger partial charge on any atom is 0.387 e. The van der Waals surface area contributed by atoms with Gasteiger partial charge in [0, 0.05) is 19.8 Å². The summed E-state index contributed by atoms with van der Waals surface area (Å²) in [5.74, 6) is -1.52. The standard InChI is InChI=1S/C18H18F2N2O4/c1-22(2)13-7-5-6-12(10-13)17(24)25-11-16(23)21-14-8-3-4-9-15(14)26-18(19)20/h3-10,18H,11H2,1-2H3,(H,21,23). The van der Waals surface area contributed by atoms with Crippen LogP contribution in [0.25, 0.3) is 0 Å². The molecule has 1 N–H and O–H groups in total. The Morgan fingerprint density at radius 1 is 1.12 bits per heavy atom. The number of rotatable bonds is 7. The Morgan fingerprint density at radius 3 is 2.54 bits per heavy atom. The Labute approximate surface area is 149 Å². The van der Waals surface area contributed by atoms with Crippen LogP contribution in [-0.4, -0.2) is 39.2 Å². The lowest BCUT2D eigenvalue weighted by molar-refractivity contribution is -0.119. The molecule has 2 aromatic rings. The number of anilines is 2. The number of amides is 1. The Kier molecular flexibility index (Phi) is 6.48. The summed E-state index contributed by atoms with van der Waals surface area (Å²) >= 11 is 0. The highest BCUT2D eigenvalue weighted by molar-refractivity contribution is 5.96. The number of carbonyl (C=O) groups excluding carboxylic acids is 2. The van der Waals surface area contributed by atoms with Gasteiger partial charge < -0.3 is 19.7 Å². The lowest BCUT2D eigenvalue weighted by atomic mass is 10.2. The minimum atomic E-state index is -3.02. The van der Waals surface area contributed by atoms with Crippen molar-refractivity contribution in [2.45, 2.75) is 6.61 Å². The van der Waals surface area contributed by atoms with Crippen molar-refractivity contribution in [3.05, 3.63) is 54.1 Å². The summed E-state index contributed by atoms with van der Waals surface area (Å²) in [7, 11) is 3.66. The molecule has 2 aromatic carbocycles. The van der Waals surface area contributed by atoms with Crippen LogP contribution in [0.2, 0.25) is 0 Å². The van der Waals surface area contributed by atoms with E-state index in [1.54, 1.807) is 24.3 Å². The van der Waals surface area contributed by atoms with Crippen molar-refractivity contribution in [3.8, 4) is 5.75 Å². The van der Waals surface area contributed by atoms with E-state index in [1.807, 2.05) is 25.1 Å². The molecule has 0 saturated heterocycles. The van der Waals surface area contributed by atoms with Gasteiger partial charge in [0.1, 0.15) is 5.75 Å². The van der Waals surface area contributed by atoms with E-state index in [4.69, 9.17) is 4.74 Å². The smallest absolute Gasteiger partial charge is 0.387 e. The Bertz CT molecular complexity index is 781. The van der Waals surface area contributed by atoms with Gasteiger partial charge in [-0.3, -0.25) is 4.79 Å². The topological polar surface area (TPSA) is 67.9 Å². The van der Waals surface area contributed by atoms with Crippen LogP contribution in [0, 0.1) is 0 Å². The molecule has 0 spiro atoms. The summed E-state index contributed by atoms with van der Waals surface area (Å²) in [5, 5.41) is 2.37. The monoisotopic (exact) mass is 364 g/mol. The van der Waals surface area contributed by atoms with Gasteiger partial charge in [0.25, 0.3) is 5.91 Å². The lowest BCUT2D eigenvalue weighted by Gasteiger charge is -2.13. The normalized spacial score (nSPS) is 10.3. The number of para-hydroxylation sites is 2. The largest absolute Gasteiger partial charge is 0.452 e. The predicted octanol–water partition coefficient (Wildman–Crippen LogP) is 3.15. The van der Waals surface area contributed by atoms with Crippen molar-refractivity contribution < 1.29 is 27.8 Å². The number of benzene rings is 2. The molecule has 0 saturated carbocycles. The van der Waals surface area contributed by atoms with Crippen molar-refractivity contribution in [1.29, 1.82) is 0 Å². The number of nitrogens with one attached hydrogen (secondary N) is 1. The molecule has 2 rings (SSSR count). The number of nitrogens with zero attached hydrogens (tertiary/aromatic N) is 1. The molecule has 6 nitrogen and oxygen atoms in total. The molecule has 0 bridgehead atoms. The molecule has 8 heteroatoms. The summed E-state index contributed by atoms with van der Waals surface area (Å²) in [6, 6.07) is 12.5. The molecule has 0 atom stereocenters. The highest BCUT2D eigenvalue weighted by Gasteiger charge is 2.14. The van der Waals surface area contributed by atoms with Gasteiger partial charge in [-0.05, 0) is 30.3 Å². The maximum atomic E-state index is 12.4. The third-order valence-electron chi connectivity index (χ3n) is 3.31. The van der Waals surface area contributed by atoms with E-state index in [2.05, 4.69) is 10.1 Å². The van der Waals surface area contributed by atoms with Gasteiger partial charge in [0.2, 0.25) is 0 Å². The number of esters is 1. The van der Waals surface area contributed by atoms with Crippen molar-refractivity contribution in [2.24, 2.45) is 0 Å². The molecule has 0 fully saturated rings. The summed E-state index contributed by atoms with van der Waals surface area (Å²) in [6.07, 6.45) is 0. The number of halogens is 2. The lowest BCUT2D eigenvalue weighted by Crippen LogP contribution is -2.21. The van der Waals surface area contributed by atoms with Gasteiger partial charge in [-0.1, -0.05) is 18.2 Å². The van der Waals surface area contributed by atoms with Gasteiger partial charge in [-0.15, -0.1) is 0 Å². The van der Waals surface area contributed by atoms with Crippen LogP contribution in [0.3, 0.4) is 0 Å².